The Bertz CT molecular complexity index is 2080. The van der Waals surface area contributed by atoms with E-state index in [1.165, 1.54) is 77.9 Å². The largest absolute Gasteiger partial charge is 0.496 e. The molecule has 0 aromatic rings. The number of nitrogens with zero attached hydrogens (tertiary/aromatic N) is 6. The SMILES string of the molecule is CCC(C)C1C(=O)N(C)C(C(C)C)C(=O)N(C)C(COC)C(=O)N2CCCC2C(=O)N(C)C(C(C)C)C(=O)N2CCCC2C(=O)OC(CCCC(O)C(C)C)C(C)C(=O)OC(C)C(C)CC=C(C)C(OC)=CC(=O)N1C. The van der Waals surface area contributed by atoms with Gasteiger partial charge in [-0.05, 0) is 107 Å². The van der Waals surface area contributed by atoms with E-state index >= 15 is 0 Å². The first-order valence-corrected chi connectivity index (χ1v) is 27.8. The lowest BCUT2D eigenvalue weighted by molar-refractivity contribution is -0.170. The molecular weight excluding hydrogens is 977 g/mol. The molecule has 0 aromatic heterocycles. The van der Waals surface area contributed by atoms with Gasteiger partial charge in [0, 0.05) is 54.5 Å². The van der Waals surface area contributed by atoms with Crippen molar-refractivity contribution in [1.82, 2.24) is 29.4 Å². The molecule has 3 heterocycles. The summed E-state index contributed by atoms with van der Waals surface area (Å²) in [7, 11) is 8.92. The molecule has 3 aliphatic rings. The first kappa shape index (κ1) is 65.2. The van der Waals surface area contributed by atoms with E-state index in [-0.39, 0.29) is 49.6 Å². The first-order valence-electron chi connectivity index (χ1n) is 27.8. The van der Waals surface area contributed by atoms with E-state index in [9.17, 15) is 43.5 Å². The van der Waals surface area contributed by atoms with Crippen LogP contribution in [0.4, 0.5) is 0 Å². The fraction of sp³-hybridized carbons (Fsp3) is 0.789. The van der Waals surface area contributed by atoms with Gasteiger partial charge in [-0.15, -0.1) is 0 Å². The molecule has 19 heteroatoms. The maximum Gasteiger partial charge on any atom is 0.329 e. The predicted molar refractivity (Wildman–Crippen MR) is 289 cm³/mol. The third-order valence-electron chi connectivity index (χ3n) is 16.3. The maximum atomic E-state index is 14.8. The molecule has 2 fully saturated rings. The van der Waals surface area contributed by atoms with Crippen LogP contribution in [-0.2, 0) is 57.3 Å². The molecule has 76 heavy (non-hydrogen) atoms. The minimum atomic E-state index is -1.20. The monoisotopic (exact) mass is 1070 g/mol. The number of aliphatic hydroxyl groups excluding tert-OH is 1. The molecule has 3 rings (SSSR count). The maximum absolute atomic E-state index is 14.8. The van der Waals surface area contributed by atoms with Crippen molar-refractivity contribution in [3.63, 3.8) is 0 Å². The Morgan fingerprint density at radius 1 is 0.684 bits per heavy atom. The number of hydrogen-bond donors (Lipinski definition) is 1. The Morgan fingerprint density at radius 2 is 1.22 bits per heavy atom. The van der Waals surface area contributed by atoms with Crippen molar-refractivity contribution in [2.24, 2.45) is 35.5 Å². The van der Waals surface area contributed by atoms with Crippen molar-refractivity contribution < 1.29 is 62.4 Å². The fourth-order valence-corrected chi connectivity index (χ4v) is 10.7. The number of ether oxygens (including phenoxy) is 4. The van der Waals surface area contributed by atoms with Crippen LogP contribution in [0, 0.1) is 35.5 Å². The highest BCUT2D eigenvalue weighted by molar-refractivity contribution is 5.98. The molecular formula is C57H96N6O13. The highest BCUT2D eigenvalue weighted by atomic mass is 16.6. The average molecular weight is 1070 g/mol. The number of carbonyl (C=O) groups is 8. The molecule has 0 aliphatic carbocycles. The molecule has 19 nitrogen and oxygen atoms in total. The summed E-state index contributed by atoms with van der Waals surface area (Å²) in [6, 6.07) is -6.29. The van der Waals surface area contributed by atoms with Crippen LogP contribution in [0.1, 0.15) is 141 Å². The zero-order valence-corrected chi connectivity index (χ0v) is 49.3. The van der Waals surface area contributed by atoms with Gasteiger partial charge in [-0.3, -0.25) is 33.6 Å². The van der Waals surface area contributed by atoms with Crippen LogP contribution in [0.5, 0.6) is 0 Å². The highest BCUT2D eigenvalue weighted by Gasteiger charge is 2.48. The summed E-state index contributed by atoms with van der Waals surface area (Å²) in [5.74, 6) is -6.34. The van der Waals surface area contributed by atoms with Crippen molar-refractivity contribution in [3.05, 3.63) is 23.5 Å². The van der Waals surface area contributed by atoms with E-state index in [0.717, 1.165) is 0 Å². The summed E-state index contributed by atoms with van der Waals surface area (Å²) < 4.78 is 23.5. The van der Waals surface area contributed by atoms with Crippen LogP contribution >= 0.6 is 0 Å². The Hall–Kier alpha value is -5.04. The quantitative estimate of drug-likeness (QED) is 0.241. The van der Waals surface area contributed by atoms with Crippen LogP contribution in [0.15, 0.2) is 23.5 Å². The molecule has 0 saturated carbocycles. The van der Waals surface area contributed by atoms with Crippen molar-refractivity contribution in [3.8, 4) is 0 Å². The Balaban J connectivity index is 2.20. The molecule has 0 radical (unpaired) electrons. The summed E-state index contributed by atoms with van der Waals surface area (Å²) >= 11 is 0. The second kappa shape index (κ2) is 29.6. The Morgan fingerprint density at radius 3 is 1.76 bits per heavy atom. The zero-order valence-electron chi connectivity index (χ0n) is 49.3. The minimum absolute atomic E-state index is 0.00737. The number of aliphatic hydroxyl groups is 1. The number of methoxy groups -OCH3 is 2. The number of likely N-dealkylation sites (N-methyl/N-ethyl adjacent to an activating group) is 4. The number of carbonyl (C=O) groups excluding carboxylic acids is 8. The Kier molecular flexibility index (Phi) is 25.4. The van der Waals surface area contributed by atoms with Crippen LogP contribution in [0.3, 0.4) is 0 Å². The number of cyclic esters (lactones) is 2. The van der Waals surface area contributed by atoms with Gasteiger partial charge in [-0.1, -0.05) is 74.8 Å². The third kappa shape index (κ3) is 16.0. The van der Waals surface area contributed by atoms with Crippen molar-refractivity contribution >= 4 is 47.4 Å². The zero-order chi connectivity index (χ0) is 57.6. The van der Waals surface area contributed by atoms with E-state index in [2.05, 4.69) is 0 Å². The van der Waals surface area contributed by atoms with Gasteiger partial charge in [0.2, 0.25) is 29.5 Å². The van der Waals surface area contributed by atoms with E-state index in [0.29, 0.717) is 56.9 Å². The van der Waals surface area contributed by atoms with Crippen LogP contribution in [0.2, 0.25) is 0 Å². The number of esters is 2. The first-order chi connectivity index (χ1) is 35.6. The van der Waals surface area contributed by atoms with Gasteiger partial charge in [0.05, 0.1) is 25.7 Å². The summed E-state index contributed by atoms with van der Waals surface area (Å²) in [6.45, 7) is 22.2. The van der Waals surface area contributed by atoms with Crippen LogP contribution in [-0.4, -0.2) is 199 Å². The van der Waals surface area contributed by atoms with Crippen molar-refractivity contribution in [2.75, 3.05) is 62.1 Å². The normalized spacial score (nSPS) is 29.3. The summed E-state index contributed by atoms with van der Waals surface area (Å²) in [6.07, 6.45) is 4.66. The molecule has 3 aliphatic heterocycles. The number of amides is 6. The minimum Gasteiger partial charge on any atom is -0.496 e. The molecule has 0 bridgehead atoms. The van der Waals surface area contributed by atoms with Gasteiger partial charge in [0.15, 0.2) is 0 Å². The van der Waals surface area contributed by atoms with E-state index in [4.69, 9.17) is 18.9 Å². The van der Waals surface area contributed by atoms with Crippen molar-refractivity contribution in [1.29, 1.82) is 0 Å². The lowest BCUT2D eigenvalue weighted by atomic mass is 9.93. The molecule has 12 unspecified atom stereocenters. The number of allylic oxidation sites excluding steroid dienone is 2. The number of hydrogen-bond acceptors (Lipinski definition) is 13. The molecule has 432 valence electrons. The van der Waals surface area contributed by atoms with Gasteiger partial charge >= 0.3 is 11.9 Å². The van der Waals surface area contributed by atoms with Crippen molar-refractivity contribution in [2.45, 2.75) is 195 Å². The molecule has 1 N–H and O–H groups in total. The van der Waals surface area contributed by atoms with Gasteiger partial charge < -0.3 is 53.5 Å². The van der Waals surface area contributed by atoms with Gasteiger partial charge in [0.1, 0.15) is 54.2 Å². The Labute approximate surface area is 454 Å². The van der Waals surface area contributed by atoms with E-state index in [1.807, 2.05) is 54.5 Å². The highest BCUT2D eigenvalue weighted by Crippen LogP contribution is 2.30. The van der Waals surface area contributed by atoms with Gasteiger partial charge in [-0.25, -0.2) is 4.79 Å². The van der Waals surface area contributed by atoms with E-state index in [1.54, 1.807) is 34.6 Å². The van der Waals surface area contributed by atoms with Crippen LogP contribution in [0.25, 0.3) is 0 Å². The number of rotatable bonds is 12. The summed E-state index contributed by atoms with van der Waals surface area (Å²) in [4.78, 5) is 125. The second-order valence-corrected chi connectivity index (χ2v) is 22.8. The van der Waals surface area contributed by atoms with E-state index < -0.39 is 120 Å². The second-order valence-electron chi connectivity index (χ2n) is 22.8. The standard InChI is InChI=1S/C57H96N6O13/c1-19-36(8)50-54(69)61(16)48(34(4)5)53(68)58(13)43(32-73-17)52(67)62-29-21-23-41(62)51(66)60(15)49(35(6)7)55(70)63-30-22-24-42(63)57(72)76-45(26-20-25-44(64)33(2)3)39(11)56(71)75-40(12)37(9)27-28-38(10)46(74-18)31-47(65)59(50)14/h28,31,33-37,39-45,48-50,64H,19-27,29-30,32H2,1-18H3. The lowest BCUT2D eigenvalue weighted by Crippen LogP contribution is -2.62. The van der Waals surface area contributed by atoms with Gasteiger partial charge in [-0.2, -0.15) is 0 Å². The third-order valence-corrected chi connectivity index (χ3v) is 16.3. The predicted octanol–water partition coefficient (Wildman–Crippen LogP) is 5.46. The topological polar surface area (TPSA) is 213 Å². The van der Waals surface area contributed by atoms with Gasteiger partial charge in [0.25, 0.3) is 5.91 Å². The summed E-state index contributed by atoms with van der Waals surface area (Å²) in [5, 5.41) is 10.7. The molecule has 6 amide bonds. The molecule has 0 spiro atoms. The molecule has 2 saturated heterocycles. The molecule has 0 aromatic carbocycles. The number of fused-ring (bicyclic) bond motifs is 2. The summed E-state index contributed by atoms with van der Waals surface area (Å²) in [5.41, 5.74) is 0.626. The molecule has 12 atom stereocenters. The average Bonchev–Trinajstić information content (AvgIpc) is 4.08. The fourth-order valence-electron chi connectivity index (χ4n) is 10.7. The smallest absolute Gasteiger partial charge is 0.329 e. The van der Waals surface area contributed by atoms with Crippen LogP contribution < -0.4 is 0 Å². The lowest BCUT2D eigenvalue weighted by Gasteiger charge is -2.41.